The molecule has 0 atom stereocenters. The highest BCUT2D eigenvalue weighted by Gasteiger charge is 2.23. The Hall–Kier alpha value is 1.15. The summed E-state index contributed by atoms with van der Waals surface area (Å²) >= 11 is 31.8. The van der Waals surface area contributed by atoms with Crippen molar-refractivity contribution in [1.82, 2.24) is 0 Å². The Labute approximate surface area is 116 Å². The summed E-state index contributed by atoms with van der Waals surface area (Å²) in [6, 6.07) is 5.07. The fourth-order valence-corrected chi connectivity index (χ4v) is 2.48. The minimum absolute atomic E-state index is 0.562. The summed E-state index contributed by atoms with van der Waals surface area (Å²) in [6.07, 6.45) is 0. The predicted octanol–water partition coefficient (Wildman–Crippen LogP) is 5.75. The van der Waals surface area contributed by atoms with E-state index in [1.165, 1.54) is 0 Å². The largest absolute Gasteiger partial charge is 0.216 e. The molecule has 0 aliphatic heterocycles. The molecular weight excluding hydrogens is 353 g/mol. The highest BCUT2D eigenvalue weighted by Crippen LogP contribution is 2.41. The Balaban J connectivity index is 3.13. The number of hydrogen-bond donors (Lipinski definition) is 0. The molecule has 0 aliphatic carbocycles. The fraction of sp³-hybridized carbons (Fsp3) is 0.250. The molecular formula is C8H4BrCl5. The average molecular weight is 357 g/mol. The first-order valence-electron chi connectivity index (χ1n) is 3.47. The lowest BCUT2D eigenvalue weighted by atomic mass is 10.2. The SMILES string of the molecule is ClC(Cl)c1ccc(C(Cl)(Cl)Cl)cc1Br. The second kappa shape index (κ2) is 4.99. The van der Waals surface area contributed by atoms with Crippen molar-refractivity contribution in [2.75, 3.05) is 0 Å². The second-order valence-electron chi connectivity index (χ2n) is 2.53. The van der Waals surface area contributed by atoms with Gasteiger partial charge < -0.3 is 0 Å². The van der Waals surface area contributed by atoms with Crippen LogP contribution in [0.15, 0.2) is 22.7 Å². The normalized spacial score (nSPS) is 12.2. The van der Waals surface area contributed by atoms with Crippen molar-refractivity contribution < 1.29 is 0 Å². The van der Waals surface area contributed by atoms with Crippen LogP contribution >= 0.6 is 73.9 Å². The summed E-state index contributed by atoms with van der Waals surface area (Å²) in [5.74, 6) is 0. The van der Waals surface area contributed by atoms with Crippen LogP contribution in [0.25, 0.3) is 0 Å². The van der Waals surface area contributed by atoms with Crippen LogP contribution in [0.1, 0.15) is 16.0 Å². The third-order valence-corrected chi connectivity index (χ3v) is 3.37. The number of alkyl halides is 5. The van der Waals surface area contributed by atoms with E-state index in [0.717, 1.165) is 10.0 Å². The molecule has 1 aromatic rings. The third kappa shape index (κ3) is 3.33. The lowest BCUT2D eigenvalue weighted by Gasteiger charge is -2.13. The fourth-order valence-electron chi connectivity index (χ4n) is 0.880. The first-order chi connectivity index (χ1) is 6.32. The molecule has 0 saturated heterocycles. The molecule has 0 fully saturated rings. The van der Waals surface area contributed by atoms with Crippen LogP contribution < -0.4 is 0 Å². The monoisotopic (exact) mass is 354 g/mol. The minimum Gasteiger partial charge on any atom is -0.100 e. The Morgan fingerprint density at radius 1 is 1.14 bits per heavy atom. The molecule has 0 nitrogen and oxygen atoms in total. The van der Waals surface area contributed by atoms with Gasteiger partial charge in [-0.1, -0.05) is 62.9 Å². The lowest BCUT2D eigenvalue weighted by Crippen LogP contribution is -2.00. The Kier molecular flexibility index (Phi) is 4.71. The van der Waals surface area contributed by atoms with Gasteiger partial charge in [0.1, 0.15) is 4.84 Å². The van der Waals surface area contributed by atoms with Gasteiger partial charge in [-0.25, -0.2) is 0 Å². The van der Waals surface area contributed by atoms with Gasteiger partial charge in [0, 0.05) is 10.0 Å². The molecule has 0 unspecified atom stereocenters. The molecule has 78 valence electrons. The summed E-state index contributed by atoms with van der Waals surface area (Å²) in [6.45, 7) is 0. The molecule has 0 heterocycles. The standard InChI is InChI=1S/C8H4BrCl5/c9-6-3-4(8(12,13)14)1-2-5(6)7(10)11/h1-3,7H. The molecule has 1 rings (SSSR count). The van der Waals surface area contributed by atoms with Crippen LogP contribution in [-0.4, -0.2) is 0 Å². The maximum absolute atomic E-state index is 5.71. The van der Waals surface area contributed by atoms with Crippen molar-refractivity contribution in [2.45, 2.75) is 8.63 Å². The van der Waals surface area contributed by atoms with Gasteiger partial charge in [0.25, 0.3) is 0 Å². The molecule has 0 amide bonds. The highest BCUT2D eigenvalue weighted by molar-refractivity contribution is 9.10. The zero-order valence-electron chi connectivity index (χ0n) is 6.58. The number of halogens is 6. The van der Waals surface area contributed by atoms with Gasteiger partial charge >= 0.3 is 0 Å². The lowest BCUT2D eigenvalue weighted by molar-refractivity contribution is 1.20. The van der Waals surface area contributed by atoms with Crippen LogP contribution in [0.3, 0.4) is 0 Å². The number of hydrogen-bond acceptors (Lipinski definition) is 0. The maximum Gasteiger partial charge on any atom is 0.216 e. The van der Waals surface area contributed by atoms with E-state index in [1.54, 1.807) is 18.2 Å². The zero-order valence-corrected chi connectivity index (χ0v) is 11.9. The smallest absolute Gasteiger partial charge is 0.100 e. The van der Waals surface area contributed by atoms with E-state index in [1.807, 2.05) is 0 Å². The minimum atomic E-state index is -1.44. The topological polar surface area (TPSA) is 0 Å². The summed E-state index contributed by atoms with van der Waals surface area (Å²) in [4.78, 5) is -0.603. The van der Waals surface area contributed by atoms with Crippen LogP contribution in [0.4, 0.5) is 0 Å². The van der Waals surface area contributed by atoms with Gasteiger partial charge in [0.05, 0.1) is 0 Å². The molecule has 6 heteroatoms. The first kappa shape index (κ1) is 13.2. The van der Waals surface area contributed by atoms with Gasteiger partial charge in [0.15, 0.2) is 0 Å². The van der Waals surface area contributed by atoms with Crippen molar-refractivity contribution >= 4 is 73.9 Å². The second-order valence-corrected chi connectivity index (χ2v) is 6.77. The summed E-state index contributed by atoms with van der Waals surface area (Å²) in [5.41, 5.74) is 1.30. The Morgan fingerprint density at radius 2 is 1.71 bits per heavy atom. The van der Waals surface area contributed by atoms with Gasteiger partial charge in [-0.3, -0.25) is 0 Å². The number of benzene rings is 1. The third-order valence-electron chi connectivity index (χ3n) is 1.56. The molecule has 14 heavy (non-hydrogen) atoms. The summed E-state index contributed by atoms with van der Waals surface area (Å²) < 4.78 is -0.717. The molecule has 0 saturated carbocycles. The average Bonchev–Trinajstić information content (AvgIpc) is 2.01. The van der Waals surface area contributed by atoms with Crippen molar-refractivity contribution in [3.63, 3.8) is 0 Å². The molecule has 0 aliphatic rings. The Bertz CT molecular complexity index is 331. The summed E-state index contributed by atoms with van der Waals surface area (Å²) in [7, 11) is 0. The van der Waals surface area contributed by atoms with Crippen molar-refractivity contribution in [3.8, 4) is 0 Å². The van der Waals surface area contributed by atoms with E-state index in [0.29, 0.717) is 5.56 Å². The molecule has 0 aromatic heterocycles. The first-order valence-corrected chi connectivity index (χ1v) is 6.27. The van der Waals surface area contributed by atoms with E-state index < -0.39 is 8.63 Å². The predicted molar refractivity (Wildman–Crippen MR) is 67.8 cm³/mol. The molecule has 0 radical (unpaired) electrons. The molecule has 0 spiro atoms. The van der Waals surface area contributed by atoms with E-state index in [4.69, 9.17) is 58.0 Å². The van der Waals surface area contributed by atoms with E-state index in [9.17, 15) is 0 Å². The van der Waals surface area contributed by atoms with E-state index in [-0.39, 0.29) is 0 Å². The van der Waals surface area contributed by atoms with Crippen LogP contribution in [0.2, 0.25) is 0 Å². The van der Waals surface area contributed by atoms with Crippen molar-refractivity contribution in [3.05, 3.63) is 33.8 Å². The van der Waals surface area contributed by atoms with Gasteiger partial charge in [-0.05, 0) is 11.6 Å². The van der Waals surface area contributed by atoms with E-state index >= 15 is 0 Å². The quantitative estimate of drug-likeness (QED) is 0.561. The maximum atomic E-state index is 5.71. The van der Waals surface area contributed by atoms with Crippen LogP contribution in [0.5, 0.6) is 0 Å². The van der Waals surface area contributed by atoms with Crippen molar-refractivity contribution in [2.24, 2.45) is 0 Å². The van der Waals surface area contributed by atoms with Crippen LogP contribution in [-0.2, 0) is 3.79 Å². The van der Waals surface area contributed by atoms with Crippen LogP contribution in [0, 0.1) is 0 Å². The highest BCUT2D eigenvalue weighted by atomic mass is 79.9. The molecule has 0 N–H and O–H groups in total. The van der Waals surface area contributed by atoms with Gasteiger partial charge in [-0.2, -0.15) is 0 Å². The summed E-state index contributed by atoms with van der Waals surface area (Å²) in [5, 5.41) is 0. The molecule has 1 aromatic carbocycles. The van der Waals surface area contributed by atoms with Gasteiger partial charge in [-0.15, -0.1) is 23.2 Å². The van der Waals surface area contributed by atoms with E-state index in [2.05, 4.69) is 15.9 Å². The zero-order chi connectivity index (χ0) is 10.9. The Morgan fingerprint density at radius 3 is 2.07 bits per heavy atom. The molecule has 0 bridgehead atoms. The number of rotatable bonds is 1. The van der Waals surface area contributed by atoms with Crippen molar-refractivity contribution in [1.29, 1.82) is 0 Å². The van der Waals surface area contributed by atoms with Gasteiger partial charge in [0.2, 0.25) is 3.79 Å².